The molecule has 3 aromatic carbocycles. The maximum absolute atomic E-state index is 11.9. The maximum Gasteiger partial charge on any atom is 0.338 e. The van der Waals surface area contributed by atoms with Crippen LogP contribution in [-0.2, 0) is 4.74 Å². The fourth-order valence-corrected chi connectivity index (χ4v) is 5.43. The fourth-order valence-electron chi connectivity index (χ4n) is 3.06. The Morgan fingerprint density at radius 1 is 0.840 bits per heavy atom. The number of hydrogen-bond acceptors (Lipinski definition) is 3. The highest BCUT2D eigenvalue weighted by molar-refractivity contribution is 7.50. The normalized spacial score (nSPS) is 11.1. The average molecular weight is 349 g/mol. The van der Waals surface area contributed by atoms with Crippen molar-refractivity contribution in [2.45, 2.75) is 0 Å². The van der Waals surface area contributed by atoms with Gasteiger partial charge >= 0.3 is 5.97 Å². The van der Waals surface area contributed by atoms with Crippen LogP contribution in [0.3, 0.4) is 0 Å². The van der Waals surface area contributed by atoms with Crippen molar-refractivity contribution in [3.8, 4) is 4.90 Å². The van der Waals surface area contributed by atoms with E-state index in [1.165, 1.54) is 25.1 Å². The quantitative estimate of drug-likeness (QED) is 0.422. The molecule has 0 saturated heterocycles. The fraction of sp³-hybridized carbons (Fsp3) is 0.0952. The van der Waals surface area contributed by atoms with Crippen molar-refractivity contribution in [2.75, 3.05) is 13.2 Å². The summed E-state index contributed by atoms with van der Waals surface area (Å²) in [6.45, 7) is -0.146. The molecule has 0 aliphatic rings. The first kappa shape index (κ1) is 15.8. The molecule has 1 aromatic heterocycles. The van der Waals surface area contributed by atoms with E-state index in [0.717, 1.165) is 0 Å². The van der Waals surface area contributed by atoms with Crippen LogP contribution in [0.4, 0.5) is 0 Å². The number of carbonyl (C=O) groups is 1. The molecule has 4 aromatic rings. The predicted octanol–water partition coefficient (Wildman–Crippen LogP) is 4.88. The Labute approximate surface area is 148 Å². The minimum absolute atomic E-state index is 0.0196. The third-order valence-corrected chi connectivity index (χ3v) is 6.49. The van der Waals surface area contributed by atoms with Gasteiger partial charge in [0.1, 0.15) is 6.61 Å². The largest absolute Gasteiger partial charge is 0.460 e. The van der Waals surface area contributed by atoms with E-state index in [2.05, 4.69) is 48.5 Å². The molecule has 4 rings (SSSR count). The number of fused-ring (bicyclic) bond motifs is 3. The molecule has 0 radical (unpaired) electrons. The van der Waals surface area contributed by atoms with E-state index in [1.807, 2.05) is 12.1 Å². The number of thiophene rings is 1. The van der Waals surface area contributed by atoms with Crippen LogP contribution in [0.1, 0.15) is 10.4 Å². The summed E-state index contributed by atoms with van der Waals surface area (Å²) in [7, 11) is -0.160. The molecule has 0 bridgehead atoms. The van der Waals surface area contributed by atoms with Gasteiger partial charge in [0.2, 0.25) is 0 Å². The second kappa shape index (κ2) is 6.67. The van der Waals surface area contributed by atoms with Gasteiger partial charge in [0.25, 0.3) is 0 Å². The van der Waals surface area contributed by atoms with Gasteiger partial charge in [-0.2, -0.15) is 0 Å². The van der Waals surface area contributed by atoms with Crippen LogP contribution in [0.15, 0.2) is 72.8 Å². The molecule has 0 atom stereocenters. The Hall–Kier alpha value is -2.69. The maximum atomic E-state index is 11.9. The first-order valence-corrected chi connectivity index (χ1v) is 9.33. The molecule has 0 spiro atoms. The smallest absolute Gasteiger partial charge is 0.338 e. The van der Waals surface area contributed by atoms with E-state index in [0.29, 0.717) is 5.56 Å². The van der Waals surface area contributed by atoms with Crippen LogP contribution in [0.25, 0.3) is 25.1 Å². The summed E-state index contributed by atoms with van der Waals surface area (Å²) in [5, 5.41) is 11.3. The van der Waals surface area contributed by atoms with Crippen molar-refractivity contribution < 1.29 is 14.6 Å². The molecule has 0 saturated carbocycles. The Kier molecular flexibility index (Phi) is 4.22. The zero-order valence-corrected chi connectivity index (χ0v) is 14.3. The van der Waals surface area contributed by atoms with Crippen LogP contribution in [0, 0.1) is 0 Å². The van der Waals surface area contributed by atoms with Gasteiger partial charge in [0, 0.05) is 21.2 Å². The van der Waals surface area contributed by atoms with E-state index >= 15 is 0 Å². The first-order chi connectivity index (χ1) is 12.3. The lowest BCUT2D eigenvalue weighted by molar-refractivity contribution is 0.0434. The summed E-state index contributed by atoms with van der Waals surface area (Å²) >= 11 is 0. The molecule has 1 N–H and O–H groups in total. The predicted molar refractivity (Wildman–Crippen MR) is 103 cm³/mol. The monoisotopic (exact) mass is 349 g/mol. The van der Waals surface area contributed by atoms with E-state index in [4.69, 9.17) is 9.84 Å². The van der Waals surface area contributed by atoms with Crippen LogP contribution >= 0.6 is 10.5 Å². The number of carbonyl (C=O) groups excluding carboxylic acids is 1. The van der Waals surface area contributed by atoms with Crippen molar-refractivity contribution in [2.24, 2.45) is 0 Å². The number of rotatable bonds is 4. The van der Waals surface area contributed by atoms with Crippen LogP contribution in [0.5, 0.6) is 0 Å². The lowest BCUT2D eigenvalue weighted by atomic mass is 10.2. The molecule has 0 unspecified atom stereocenters. The molecule has 1 heterocycles. The number of aliphatic hydroxyl groups excluding tert-OH is 1. The molecule has 0 aliphatic heterocycles. The highest BCUT2D eigenvalue weighted by Gasteiger charge is 2.23. The Morgan fingerprint density at radius 2 is 1.40 bits per heavy atom. The van der Waals surface area contributed by atoms with Crippen molar-refractivity contribution in [1.29, 1.82) is 0 Å². The number of benzene rings is 3. The molecule has 25 heavy (non-hydrogen) atoms. The van der Waals surface area contributed by atoms with Gasteiger partial charge in [-0.25, -0.2) is 4.79 Å². The number of ether oxygens (including phenoxy) is 1. The van der Waals surface area contributed by atoms with Gasteiger partial charge < -0.3 is 9.84 Å². The summed E-state index contributed by atoms with van der Waals surface area (Å²) in [4.78, 5) is 13.1. The highest BCUT2D eigenvalue weighted by Crippen LogP contribution is 2.48. The highest BCUT2D eigenvalue weighted by atomic mass is 32.2. The average Bonchev–Trinajstić information content (AvgIpc) is 3.01. The van der Waals surface area contributed by atoms with Crippen molar-refractivity contribution >= 4 is 36.6 Å². The molecule has 4 heteroatoms. The summed E-state index contributed by atoms with van der Waals surface area (Å²) in [5.74, 6) is -0.406. The lowest BCUT2D eigenvalue weighted by Crippen LogP contribution is -2.08. The number of esters is 1. The summed E-state index contributed by atoms with van der Waals surface area (Å²) in [6, 6.07) is 24.6. The Bertz CT molecular complexity index is 995. The number of aliphatic hydroxyl groups is 1. The van der Waals surface area contributed by atoms with Gasteiger partial charge in [-0.15, -0.1) is 0 Å². The number of hydrogen-bond donors (Lipinski definition) is 1. The second-order valence-electron chi connectivity index (χ2n) is 5.68. The van der Waals surface area contributed by atoms with Crippen LogP contribution < -0.4 is 0 Å². The molecular formula is C21H17O3S+. The molecule has 0 amide bonds. The van der Waals surface area contributed by atoms with Crippen LogP contribution in [0.2, 0.25) is 0 Å². The SMILES string of the molecule is O=C(OCCO)c1ccc(-[s+]2c3ccccc3c3ccccc32)cc1. The van der Waals surface area contributed by atoms with Gasteiger partial charge in [0.05, 0.1) is 12.2 Å². The van der Waals surface area contributed by atoms with Gasteiger partial charge in [0.15, 0.2) is 14.3 Å². The molecule has 3 nitrogen and oxygen atoms in total. The minimum atomic E-state index is -0.406. The van der Waals surface area contributed by atoms with Crippen molar-refractivity contribution in [1.82, 2.24) is 0 Å². The molecule has 0 fully saturated rings. The standard InChI is InChI=1S/C21H17O3S/c22-13-14-24-21(23)15-9-11-16(12-10-15)25-19-7-3-1-5-17(19)18-6-2-4-8-20(18)25/h1-12,22H,13-14H2/q+1. The van der Waals surface area contributed by atoms with Crippen LogP contribution in [-0.4, -0.2) is 24.3 Å². The van der Waals surface area contributed by atoms with Gasteiger partial charge in [-0.05, 0) is 48.5 Å². The topological polar surface area (TPSA) is 46.5 Å². The van der Waals surface area contributed by atoms with Crippen molar-refractivity contribution in [3.63, 3.8) is 0 Å². The zero-order valence-electron chi connectivity index (χ0n) is 13.5. The first-order valence-electron chi connectivity index (χ1n) is 8.10. The summed E-state index contributed by atoms with van der Waals surface area (Å²) in [6.07, 6.45) is 0. The Morgan fingerprint density at radius 3 is 1.96 bits per heavy atom. The zero-order chi connectivity index (χ0) is 17.2. The van der Waals surface area contributed by atoms with E-state index in [-0.39, 0.29) is 23.7 Å². The molecular weight excluding hydrogens is 332 g/mol. The third kappa shape index (κ3) is 2.80. The van der Waals surface area contributed by atoms with E-state index < -0.39 is 5.97 Å². The van der Waals surface area contributed by atoms with E-state index in [1.54, 1.807) is 12.1 Å². The van der Waals surface area contributed by atoms with Gasteiger partial charge in [-0.3, -0.25) is 0 Å². The lowest BCUT2D eigenvalue weighted by Gasteiger charge is -2.02. The van der Waals surface area contributed by atoms with Crippen molar-refractivity contribution in [3.05, 3.63) is 78.4 Å². The third-order valence-electron chi connectivity index (χ3n) is 4.15. The minimum Gasteiger partial charge on any atom is -0.460 e. The second-order valence-corrected chi connectivity index (χ2v) is 7.65. The van der Waals surface area contributed by atoms with E-state index in [9.17, 15) is 4.79 Å². The summed E-state index contributed by atoms with van der Waals surface area (Å²) < 4.78 is 7.61. The molecule has 0 aliphatic carbocycles. The Balaban J connectivity index is 1.83. The molecule has 124 valence electrons. The van der Waals surface area contributed by atoms with Gasteiger partial charge in [-0.1, -0.05) is 24.3 Å². The summed E-state index contributed by atoms with van der Waals surface area (Å²) in [5.41, 5.74) is 0.501.